The van der Waals surface area contributed by atoms with Gasteiger partial charge in [0.2, 0.25) is 0 Å². The van der Waals surface area contributed by atoms with Crippen LogP contribution in [0.15, 0.2) is 23.0 Å². The van der Waals surface area contributed by atoms with Gasteiger partial charge in [-0.2, -0.15) is 0 Å². The van der Waals surface area contributed by atoms with Gasteiger partial charge in [-0.1, -0.05) is 11.6 Å². The van der Waals surface area contributed by atoms with Gasteiger partial charge in [-0.15, -0.1) is 0 Å². The number of nitrogens with one attached hydrogen (secondary N) is 1. The van der Waals surface area contributed by atoms with E-state index in [1.807, 2.05) is 4.98 Å². The molecule has 0 saturated carbocycles. The van der Waals surface area contributed by atoms with E-state index in [2.05, 4.69) is 0 Å². The Hall–Kier alpha value is -3.00. The number of methoxy groups -OCH3 is 1. The number of ether oxygens (including phenoxy) is 1. The van der Waals surface area contributed by atoms with Crippen LogP contribution < -0.4 is 16.0 Å². The van der Waals surface area contributed by atoms with Crippen LogP contribution in [0.4, 0.5) is 5.82 Å². The molecule has 0 radical (unpaired) electrons. The maximum absolute atomic E-state index is 12.0. The largest absolute Gasteiger partial charge is 0.496 e. The van der Waals surface area contributed by atoms with Crippen molar-refractivity contribution in [3.63, 3.8) is 0 Å². The molecule has 1 aromatic heterocycles. The van der Waals surface area contributed by atoms with E-state index >= 15 is 0 Å². The molecule has 0 atom stereocenters. The second kappa shape index (κ2) is 6.01. The van der Waals surface area contributed by atoms with E-state index in [9.17, 15) is 24.6 Å². The number of hydrogen-bond donors (Lipinski definition) is 4. The molecule has 0 amide bonds. The number of aromatic carboxylic acids is 2. The van der Waals surface area contributed by atoms with E-state index in [1.165, 1.54) is 25.3 Å². The highest BCUT2D eigenvalue weighted by molar-refractivity contribution is 6.31. The minimum Gasteiger partial charge on any atom is -0.496 e. The highest BCUT2D eigenvalue weighted by Crippen LogP contribution is 2.37. The van der Waals surface area contributed by atoms with Gasteiger partial charge in [0.15, 0.2) is 0 Å². The van der Waals surface area contributed by atoms with E-state index in [4.69, 9.17) is 22.1 Å². The number of carboxylic acid groups (broad SMARTS) is 2. The molecule has 0 saturated heterocycles. The fourth-order valence-electron chi connectivity index (χ4n) is 2.19. The molecule has 8 nitrogen and oxygen atoms in total. The van der Waals surface area contributed by atoms with Crippen LogP contribution in [0, 0.1) is 0 Å². The third kappa shape index (κ3) is 2.84. The number of pyridine rings is 1. The van der Waals surface area contributed by atoms with E-state index < -0.39 is 34.4 Å². The third-order valence-electron chi connectivity index (χ3n) is 3.10. The first-order valence-electron chi connectivity index (χ1n) is 6.14. The Labute approximate surface area is 134 Å². The molecule has 0 bridgehead atoms. The van der Waals surface area contributed by atoms with Crippen molar-refractivity contribution in [3.8, 4) is 16.9 Å². The fraction of sp³-hybridized carbons (Fsp3) is 0.0714. The lowest BCUT2D eigenvalue weighted by atomic mass is 9.94. The standard InChI is InChI=1S/C14H11ClN2O6/c1-23-7-3-2-5(15)4-6(7)8-9(13(19)20)11(16)17-12(18)10(8)14(21)22/h2-4H,1H3,(H,19,20)(H,21,22)(H3,16,17,18). The zero-order valence-corrected chi connectivity index (χ0v) is 12.5. The number of nitrogen functional groups attached to an aromatic ring is 1. The van der Waals surface area contributed by atoms with Gasteiger partial charge in [-0.25, -0.2) is 9.59 Å². The zero-order valence-electron chi connectivity index (χ0n) is 11.7. The summed E-state index contributed by atoms with van der Waals surface area (Å²) in [4.78, 5) is 36.9. The van der Waals surface area contributed by atoms with Crippen molar-refractivity contribution < 1.29 is 24.5 Å². The molecule has 9 heteroatoms. The van der Waals surface area contributed by atoms with Crippen LogP contribution in [-0.2, 0) is 0 Å². The molecule has 2 aromatic rings. The van der Waals surface area contributed by atoms with Crippen LogP contribution in [0.25, 0.3) is 11.1 Å². The Morgan fingerprint density at radius 2 is 1.83 bits per heavy atom. The normalized spacial score (nSPS) is 10.3. The molecule has 23 heavy (non-hydrogen) atoms. The number of nitrogens with two attached hydrogens (primary N) is 1. The summed E-state index contributed by atoms with van der Waals surface area (Å²) in [6.45, 7) is 0. The van der Waals surface area contributed by atoms with Gasteiger partial charge in [0.25, 0.3) is 5.56 Å². The monoisotopic (exact) mass is 338 g/mol. The molecular weight excluding hydrogens is 328 g/mol. The van der Waals surface area contributed by atoms with E-state index in [-0.39, 0.29) is 21.9 Å². The molecule has 1 aromatic carbocycles. The summed E-state index contributed by atoms with van der Waals surface area (Å²) in [6, 6.07) is 4.20. The third-order valence-corrected chi connectivity index (χ3v) is 3.34. The molecule has 0 aliphatic rings. The quantitative estimate of drug-likeness (QED) is 0.664. The highest BCUT2D eigenvalue weighted by atomic mass is 35.5. The van der Waals surface area contributed by atoms with Crippen molar-refractivity contribution in [2.24, 2.45) is 0 Å². The fourth-order valence-corrected chi connectivity index (χ4v) is 2.36. The number of anilines is 1. The summed E-state index contributed by atoms with van der Waals surface area (Å²) in [5, 5.41) is 18.9. The van der Waals surface area contributed by atoms with Crippen molar-refractivity contribution >= 4 is 29.4 Å². The van der Waals surface area contributed by atoms with Crippen molar-refractivity contribution in [2.45, 2.75) is 0 Å². The Bertz CT molecular complexity index is 874. The summed E-state index contributed by atoms with van der Waals surface area (Å²) in [5.41, 5.74) is 2.87. The minimum atomic E-state index is -1.61. The number of carbonyl (C=O) groups is 2. The van der Waals surface area contributed by atoms with Gasteiger partial charge in [-0.3, -0.25) is 4.79 Å². The molecule has 0 fully saturated rings. The van der Waals surface area contributed by atoms with E-state index in [1.54, 1.807) is 0 Å². The van der Waals surface area contributed by atoms with Gasteiger partial charge in [0, 0.05) is 16.1 Å². The van der Waals surface area contributed by atoms with Crippen LogP contribution in [0.5, 0.6) is 5.75 Å². The first-order chi connectivity index (χ1) is 10.8. The predicted molar refractivity (Wildman–Crippen MR) is 82.4 cm³/mol. The van der Waals surface area contributed by atoms with E-state index in [0.29, 0.717) is 0 Å². The van der Waals surface area contributed by atoms with Crippen LogP contribution in [0.1, 0.15) is 20.7 Å². The number of H-pyrrole nitrogens is 1. The molecule has 0 aliphatic carbocycles. The molecular formula is C14H11ClN2O6. The van der Waals surface area contributed by atoms with Crippen molar-refractivity contribution in [3.05, 3.63) is 44.7 Å². The van der Waals surface area contributed by atoms with Crippen LogP contribution >= 0.6 is 11.6 Å². The van der Waals surface area contributed by atoms with E-state index in [0.717, 1.165) is 0 Å². The number of aromatic nitrogens is 1. The average Bonchev–Trinajstić information content (AvgIpc) is 2.45. The zero-order chi connectivity index (χ0) is 17.3. The van der Waals surface area contributed by atoms with Gasteiger partial charge in [0.1, 0.15) is 22.7 Å². The summed E-state index contributed by atoms with van der Waals surface area (Å²) >= 11 is 5.90. The molecule has 0 unspecified atom stereocenters. The second-order valence-electron chi connectivity index (χ2n) is 4.45. The lowest BCUT2D eigenvalue weighted by Crippen LogP contribution is -2.24. The SMILES string of the molecule is COc1ccc(Cl)cc1-c1c(C(=O)O)c(N)[nH]c(=O)c1C(=O)O. The summed E-state index contributed by atoms with van der Waals surface area (Å²) < 4.78 is 5.11. The summed E-state index contributed by atoms with van der Waals surface area (Å²) in [6.07, 6.45) is 0. The Kier molecular flexibility index (Phi) is 4.28. The minimum absolute atomic E-state index is 0.0348. The number of rotatable bonds is 4. The Morgan fingerprint density at radius 3 is 2.35 bits per heavy atom. The van der Waals surface area contributed by atoms with Gasteiger partial charge < -0.3 is 25.7 Å². The van der Waals surface area contributed by atoms with Crippen molar-refractivity contribution in [1.29, 1.82) is 0 Å². The van der Waals surface area contributed by atoms with Gasteiger partial charge in [-0.05, 0) is 18.2 Å². The Balaban J connectivity index is 3.06. The summed E-state index contributed by atoms with van der Waals surface area (Å²) in [7, 11) is 1.31. The first kappa shape index (κ1) is 16.4. The topological polar surface area (TPSA) is 143 Å². The molecule has 1 heterocycles. The second-order valence-corrected chi connectivity index (χ2v) is 4.88. The predicted octanol–water partition coefficient (Wildman–Crippen LogP) is 1.68. The highest BCUT2D eigenvalue weighted by Gasteiger charge is 2.28. The lowest BCUT2D eigenvalue weighted by molar-refractivity contribution is 0.0695. The first-order valence-corrected chi connectivity index (χ1v) is 6.52. The number of halogens is 1. The van der Waals surface area contributed by atoms with Crippen LogP contribution in [0.2, 0.25) is 5.02 Å². The van der Waals surface area contributed by atoms with Crippen LogP contribution in [-0.4, -0.2) is 34.2 Å². The number of benzene rings is 1. The lowest BCUT2D eigenvalue weighted by Gasteiger charge is -2.15. The molecule has 2 rings (SSSR count). The molecule has 0 aliphatic heterocycles. The van der Waals surface area contributed by atoms with Gasteiger partial charge in [0.05, 0.1) is 7.11 Å². The molecule has 120 valence electrons. The number of aromatic amines is 1. The van der Waals surface area contributed by atoms with Crippen molar-refractivity contribution in [1.82, 2.24) is 4.98 Å². The number of hydrogen-bond acceptors (Lipinski definition) is 5. The number of carboxylic acids is 2. The molecule has 5 N–H and O–H groups in total. The summed E-state index contributed by atoms with van der Waals surface area (Å²) in [5.74, 6) is -3.43. The van der Waals surface area contributed by atoms with Gasteiger partial charge >= 0.3 is 11.9 Å². The smallest absolute Gasteiger partial charge is 0.342 e. The average molecular weight is 339 g/mol. The molecule has 0 spiro atoms. The Morgan fingerprint density at radius 1 is 1.22 bits per heavy atom. The maximum Gasteiger partial charge on any atom is 0.342 e. The van der Waals surface area contributed by atoms with Crippen LogP contribution in [0.3, 0.4) is 0 Å². The van der Waals surface area contributed by atoms with Crippen molar-refractivity contribution in [2.75, 3.05) is 12.8 Å². The maximum atomic E-state index is 12.0.